The predicted molar refractivity (Wildman–Crippen MR) is 76.2 cm³/mol. The predicted octanol–water partition coefficient (Wildman–Crippen LogP) is 2.07. The van der Waals surface area contributed by atoms with Crippen LogP contribution in [0.15, 0.2) is 17.5 Å². The molecular formula is C12H18N2O2S2. The van der Waals surface area contributed by atoms with Crippen molar-refractivity contribution in [3.8, 4) is 0 Å². The Hall–Kier alpha value is -0.720. The Morgan fingerprint density at radius 1 is 1.56 bits per heavy atom. The molecule has 0 saturated carbocycles. The second-order valence-corrected chi connectivity index (χ2v) is 6.44. The third-order valence-electron chi connectivity index (χ3n) is 3.07. The first-order valence-corrected chi connectivity index (χ1v) is 7.94. The van der Waals surface area contributed by atoms with Crippen LogP contribution >= 0.6 is 23.1 Å². The largest absolute Gasteiger partial charge is 0.376 e. The standard InChI is InChI=1S/C12H18N2O2S2/c1-16-12(4-6-17-9-12)8-14-11(15)13-7-10-3-2-5-18-10/h2-3,5H,4,6-9H2,1H3,(H2,13,14,15)/t12-/m1/s1. The highest BCUT2D eigenvalue weighted by molar-refractivity contribution is 7.99. The molecule has 4 nitrogen and oxygen atoms in total. The Morgan fingerprint density at radius 3 is 3.06 bits per heavy atom. The first-order valence-electron chi connectivity index (χ1n) is 5.91. The molecule has 2 N–H and O–H groups in total. The second-order valence-electron chi connectivity index (χ2n) is 4.31. The van der Waals surface area contributed by atoms with Crippen molar-refractivity contribution >= 4 is 29.1 Å². The van der Waals surface area contributed by atoms with Crippen molar-refractivity contribution in [3.63, 3.8) is 0 Å². The zero-order chi connectivity index (χ0) is 12.8. The monoisotopic (exact) mass is 286 g/mol. The van der Waals surface area contributed by atoms with Crippen LogP contribution in [0.1, 0.15) is 11.3 Å². The minimum Gasteiger partial charge on any atom is -0.376 e. The van der Waals surface area contributed by atoms with E-state index >= 15 is 0 Å². The summed E-state index contributed by atoms with van der Waals surface area (Å²) in [7, 11) is 1.72. The summed E-state index contributed by atoms with van der Waals surface area (Å²) >= 11 is 3.52. The average Bonchev–Trinajstić information content (AvgIpc) is 3.06. The number of carbonyl (C=O) groups excluding carboxylic acids is 1. The molecule has 2 heterocycles. The van der Waals surface area contributed by atoms with Crippen molar-refractivity contribution in [1.29, 1.82) is 0 Å². The molecule has 1 aromatic heterocycles. The first kappa shape index (κ1) is 13.7. The Labute approximate surface area is 115 Å². The molecule has 0 bridgehead atoms. The Kier molecular flexibility index (Phi) is 4.91. The van der Waals surface area contributed by atoms with Crippen molar-refractivity contribution in [2.45, 2.75) is 18.6 Å². The van der Waals surface area contributed by atoms with Crippen LogP contribution in [0.2, 0.25) is 0 Å². The van der Waals surface area contributed by atoms with Crippen LogP contribution in [0.25, 0.3) is 0 Å². The van der Waals surface area contributed by atoms with Crippen molar-refractivity contribution in [2.75, 3.05) is 25.2 Å². The number of hydrogen-bond acceptors (Lipinski definition) is 4. The quantitative estimate of drug-likeness (QED) is 0.871. The van der Waals surface area contributed by atoms with Gasteiger partial charge in [-0.05, 0) is 23.6 Å². The topological polar surface area (TPSA) is 50.4 Å². The van der Waals surface area contributed by atoms with E-state index in [0.29, 0.717) is 13.1 Å². The molecule has 2 rings (SSSR count). The molecule has 1 fully saturated rings. The van der Waals surface area contributed by atoms with E-state index in [-0.39, 0.29) is 11.6 Å². The van der Waals surface area contributed by atoms with E-state index in [0.717, 1.165) is 22.8 Å². The number of thioether (sulfide) groups is 1. The van der Waals surface area contributed by atoms with Gasteiger partial charge in [0.25, 0.3) is 0 Å². The van der Waals surface area contributed by atoms with E-state index < -0.39 is 0 Å². The van der Waals surface area contributed by atoms with Crippen LogP contribution in [-0.2, 0) is 11.3 Å². The molecular weight excluding hydrogens is 268 g/mol. The molecule has 1 aliphatic heterocycles. The van der Waals surface area contributed by atoms with Crippen molar-refractivity contribution in [3.05, 3.63) is 22.4 Å². The maximum atomic E-state index is 11.7. The summed E-state index contributed by atoms with van der Waals surface area (Å²) in [6.07, 6.45) is 0.999. The fraction of sp³-hybridized carbons (Fsp3) is 0.583. The van der Waals surface area contributed by atoms with E-state index in [1.165, 1.54) is 0 Å². The smallest absolute Gasteiger partial charge is 0.315 e. The van der Waals surface area contributed by atoms with Gasteiger partial charge in [0.1, 0.15) is 0 Å². The first-order chi connectivity index (χ1) is 8.74. The minimum absolute atomic E-state index is 0.128. The molecule has 0 spiro atoms. The molecule has 1 aliphatic rings. The number of rotatable bonds is 5. The molecule has 1 saturated heterocycles. The molecule has 6 heteroatoms. The molecule has 18 heavy (non-hydrogen) atoms. The summed E-state index contributed by atoms with van der Waals surface area (Å²) < 4.78 is 5.54. The lowest BCUT2D eigenvalue weighted by Gasteiger charge is -2.26. The highest BCUT2D eigenvalue weighted by Gasteiger charge is 2.34. The number of nitrogens with one attached hydrogen (secondary N) is 2. The van der Waals surface area contributed by atoms with Crippen molar-refractivity contribution in [1.82, 2.24) is 10.6 Å². The number of amides is 2. The van der Waals surface area contributed by atoms with Crippen LogP contribution in [0, 0.1) is 0 Å². The summed E-state index contributed by atoms with van der Waals surface area (Å²) in [6, 6.07) is 3.86. The summed E-state index contributed by atoms with van der Waals surface area (Å²) in [5.74, 6) is 2.06. The molecule has 0 aliphatic carbocycles. The number of methoxy groups -OCH3 is 1. The van der Waals surface area contributed by atoms with E-state index in [2.05, 4.69) is 10.6 Å². The fourth-order valence-electron chi connectivity index (χ4n) is 1.85. The van der Waals surface area contributed by atoms with Gasteiger partial charge in [0.05, 0.1) is 12.1 Å². The SMILES string of the molecule is CO[C@@]1(CNC(=O)NCc2cccs2)CCSC1. The average molecular weight is 286 g/mol. The van der Waals surface area contributed by atoms with Gasteiger partial charge in [-0.1, -0.05) is 6.07 Å². The number of hydrogen-bond donors (Lipinski definition) is 2. The highest BCUT2D eigenvalue weighted by atomic mass is 32.2. The van der Waals surface area contributed by atoms with Gasteiger partial charge in [0.15, 0.2) is 0 Å². The number of ether oxygens (including phenoxy) is 1. The Morgan fingerprint density at radius 2 is 2.44 bits per heavy atom. The van der Waals surface area contributed by atoms with Gasteiger partial charge in [0.2, 0.25) is 0 Å². The van der Waals surface area contributed by atoms with Crippen LogP contribution in [0.4, 0.5) is 4.79 Å². The van der Waals surface area contributed by atoms with Gasteiger partial charge in [-0.25, -0.2) is 4.79 Å². The van der Waals surface area contributed by atoms with Gasteiger partial charge in [-0.2, -0.15) is 11.8 Å². The van der Waals surface area contributed by atoms with Crippen LogP contribution in [-0.4, -0.2) is 36.8 Å². The Balaban J connectivity index is 1.71. The molecule has 0 unspecified atom stereocenters. The number of urea groups is 1. The summed E-state index contributed by atoms with van der Waals surface area (Å²) in [5, 5.41) is 7.75. The van der Waals surface area contributed by atoms with Crippen molar-refractivity contribution < 1.29 is 9.53 Å². The third kappa shape index (κ3) is 3.63. The van der Waals surface area contributed by atoms with E-state index in [1.807, 2.05) is 29.3 Å². The molecule has 1 atom stereocenters. The zero-order valence-electron chi connectivity index (χ0n) is 10.4. The lowest BCUT2D eigenvalue weighted by Crippen LogP contribution is -2.47. The van der Waals surface area contributed by atoms with Gasteiger partial charge < -0.3 is 15.4 Å². The van der Waals surface area contributed by atoms with Gasteiger partial charge in [-0.15, -0.1) is 11.3 Å². The highest BCUT2D eigenvalue weighted by Crippen LogP contribution is 2.30. The number of thiophene rings is 1. The van der Waals surface area contributed by atoms with Gasteiger partial charge in [0, 0.05) is 24.3 Å². The zero-order valence-corrected chi connectivity index (χ0v) is 12.0. The molecule has 2 amide bonds. The summed E-state index contributed by atoms with van der Waals surface area (Å²) in [6.45, 7) is 1.16. The normalized spacial score (nSPS) is 22.9. The maximum Gasteiger partial charge on any atom is 0.315 e. The third-order valence-corrected chi connectivity index (χ3v) is 5.17. The molecule has 0 aromatic carbocycles. The molecule has 0 radical (unpaired) electrons. The van der Waals surface area contributed by atoms with E-state index in [1.54, 1.807) is 18.4 Å². The van der Waals surface area contributed by atoms with E-state index in [9.17, 15) is 4.79 Å². The van der Waals surface area contributed by atoms with Crippen LogP contribution < -0.4 is 10.6 Å². The minimum atomic E-state index is -0.176. The molecule has 1 aromatic rings. The van der Waals surface area contributed by atoms with Crippen LogP contribution in [0.5, 0.6) is 0 Å². The lowest BCUT2D eigenvalue weighted by molar-refractivity contribution is 0.0157. The van der Waals surface area contributed by atoms with Gasteiger partial charge in [-0.3, -0.25) is 0 Å². The molecule has 100 valence electrons. The Bertz CT molecular complexity index is 375. The summed E-state index contributed by atoms with van der Waals surface area (Å²) in [4.78, 5) is 12.8. The maximum absolute atomic E-state index is 11.7. The van der Waals surface area contributed by atoms with Crippen LogP contribution in [0.3, 0.4) is 0 Å². The van der Waals surface area contributed by atoms with Crippen molar-refractivity contribution in [2.24, 2.45) is 0 Å². The second kappa shape index (κ2) is 6.45. The lowest BCUT2D eigenvalue weighted by atomic mass is 10.0. The fourth-order valence-corrected chi connectivity index (χ4v) is 3.89. The van der Waals surface area contributed by atoms with E-state index in [4.69, 9.17) is 4.74 Å². The van der Waals surface area contributed by atoms with Gasteiger partial charge >= 0.3 is 6.03 Å². The summed E-state index contributed by atoms with van der Waals surface area (Å²) in [5.41, 5.74) is -0.176. The number of carbonyl (C=O) groups is 1.